The molecule has 0 aliphatic heterocycles. The first kappa shape index (κ1) is 34.1. The van der Waals surface area contributed by atoms with Crippen LogP contribution in [0.3, 0.4) is 0 Å². The zero-order valence-electron chi connectivity index (χ0n) is 24.4. The van der Waals surface area contributed by atoms with E-state index in [0.717, 1.165) is 0 Å². The Balaban J connectivity index is 1.79. The summed E-state index contributed by atoms with van der Waals surface area (Å²) in [5, 5.41) is 36.5. The van der Waals surface area contributed by atoms with Crippen LogP contribution in [-0.2, 0) is 43.2 Å². The molecule has 0 aliphatic rings. The molecule has 0 spiro atoms. The van der Waals surface area contributed by atoms with Gasteiger partial charge in [-0.3, -0.25) is 19.2 Å². The Kier molecular flexibility index (Phi) is 12.4. The van der Waals surface area contributed by atoms with Crippen molar-refractivity contribution in [2.75, 3.05) is 0 Å². The van der Waals surface area contributed by atoms with Crippen molar-refractivity contribution in [2.45, 2.75) is 56.3 Å². The van der Waals surface area contributed by atoms with Gasteiger partial charge >= 0.3 is 5.97 Å². The molecule has 13 heteroatoms. The Hall–Kier alpha value is -5.43. The molecule has 0 aliphatic carbocycles. The molecule has 0 aromatic heterocycles. The lowest BCUT2D eigenvalue weighted by Gasteiger charge is -2.25. The van der Waals surface area contributed by atoms with Gasteiger partial charge in [0, 0.05) is 19.3 Å². The van der Waals surface area contributed by atoms with E-state index >= 15 is 0 Å². The normalized spacial score (nSPS) is 13.4. The molecule has 45 heavy (non-hydrogen) atoms. The molecule has 0 fully saturated rings. The molecule has 3 aromatic rings. The second-order valence-electron chi connectivity index (χ2n) is 10.6. The third-order valence-corrected chi connectivity index (χ3v) is 6.95. The molecule has 3 aromatic carbocycles. The van der Waals surface area contributed by atoms with E-state index in [4.69, 9.17) is 11.5 Å². The summed E-state index contributed by atoms with van der Waals surface area (Å²) in [4.78, 5) is 63.5. The lowest BCUT2D eigenvalue weighted by Crippen LogP contribution is -2.58. The largest absolute Gasteiger partial charge is 0.508 e. The number of hydrogen-bond acceptors (Lipinski definition) is 8. The van der Waals surface area contributed by atoms with Gasteiger partial charge < -0.3 is 42.7 Å². The van der Waals surface area contributed by atoms with Gasteiger partial charge in [0.1, 0.15) is 29.6 Å². The standard InChI is InChI=1S/C32H37N5O8/c33-24(16-20-6-10-22(38)11-7-20)29(41)35-25(14-15-28(34)40)30(42)36-26(17-21-8-12-23(39)13-9-21)31(43)37-27(32(44)45)18-19-4-2-1-3-5-19/h1-13,24-27,38-39H,14-18,33H2,(H2,34,40)(H,35,41)(H,36,42)(H,37,43)(H,44,45). The summed E-state index contributed by atoms with van der Waals surface area (Å²) >= 11 is 0. The third-order valence-electron chi connectivity index (χ3n) is 6.95. The van der Waals surface area contributed by atoms with Crippen molar-refractivity contribution in [3.8, 4) is 11.5 Å². The average Bonchev–Trinajstić information content (AvgIpc) is 3.00. The zero-order chi connectivity index (χ0) is 32.9. The Bertz CT molecular complexity index is 1470. The Labute approximate surface area is 259 Å². The van der Waals surface area contributed by atoms with Gasteiger partial charge in [-0.2, -0.15) is 0 Å². The molecular formula is C32H37N5O8. The summed E-state index contributed by atoms with van der Waals surface area (Å²) in [6, 6.07) is 15.6. The molecule has 0 bridgehead atoms. The lowest BCUT2D eigenvalue weighted by molar-refractivity contribution is -0.142. The first-order valence-electron chi connectivity index (χ1n) is 14.2. The number of primary amides is 1. The smallest absolute Gasteiger partial charge is 0.326 e. The number of nitrogens with two attached hydrogens (primary N) is 2. The summed E-state index contributed by atoms with van der Waals surface area (Å²) in [6.07, 6.45) is -0.485. The van der Waals surface area contributed by atoms with E-state index in [2.05, 4.69) is 16.0 Å². The number of carboxylic acids is 1. The van der Waals surface area contributed by atoms with Crippen molar-refractivity contribution in [2.24, 2.45) is 11.5 Å². The molecule has 4 atom stereocenters. The van der Waals surface area contributed by atoms with Gasteiger partial charge in [0.15, 0.2) is 0 Å². The lowest BCUT2D eigenvalue weighted by atomic mass is 10.0. The number of nitrogens with one attached hydrogen (secondary N) is 3. The van der Waals surface area contributed by atoms with Crippen LogP contribution in [0.2, 0.25) is 0 Å². The maximum Gasteiger partial charge on any atom is 0.326 e. The summed E-state index contributed by atoms with van der Waals surface area (Å²) in [6.45, 7) is 0. The fourth-order valence-electron chi connectivity index (χ4n) is 4.48. The zero-order valence-corrected chi connectivity index (χ0v) is 24.4. The number of aromatic hydroxyl groups is 2. The van der Waals surface area contributed by atoms with Crippen molar-refractivity contribution in [1.82, 2.24) is 16.0 Å². The molecule has 0 heterocycles. The van der Waals surface area contributed by atoms with Gasteiger partial charge in [0.25, 0.3) is 0 Å². The second kappa shape index (κ2) is 16.4. The van der Waals surface area contributed by atoms with Crippen molar-refractivity contribution in [3.05, 3.63) is 95.6 Å². The number of carbonyl (C=O) groups is 5. The van der Waals surface area contributed by atoms with E-state index < -0.39 is 53.8 Å². The number of carboxylic acid groups (broad SMARTS) is 1. The van der Waals surface area contributed by atoms with Crippen LogP contribution in [0.15, 0.2) is 78.9 Å². The summed E-state index contributed by atoms with van der Waals surface area (Å²) in [5.74, 6) is -4.31. The molecule has 4 unspecified atom stereocenters. The van der Waals surface area contributed by atoms with Gasteiger partial charge in [-0.15, -0.1) is 0 Å². The van der Waals surface area contributed by atoms with Gasteiger partial charge in [0.05, 0.1) is 6.04 Å². The van der Waals surface area contributed by atoms with Crippen molar-refractivity contribution >= 4 is 29.6 Å². The second-order valence-corrected chi connectivity index (χ2v) is 10.6. The van der Waals surface area contributed by atoms with E-state index in [1.807, 2.05) is 0 Å². The van der Waals surface area contributed by atoms with Crippen LogP contribution in [0, 0.1) is 0 Å². The van der Waals surface area contributed by atoms with Gasteiger partial charge in [0.2, 0.25) is 23.6 Å². The molecular weight excluding hydrogens is 582 g/mol. The summed E-state index contributed by atoms with van der Waals surface area (Å²) in [7, 11) is 0. The quantitative estimate of drug-likeness (QED) is 0.110. The minimum absolute atomic E-state index is 0.0159. The fraction of sp³-hybridized carbons (Fsp3) is 0.281. The van der Waals surface area contributed by atoms with Crippen molar-refractivity contribution in [3.63, 3.8) is 0 Å². The number of amides is 4. The maximum absolute atomic E-state index is 13.5. The van der Waals surface area contributed by atoms with Crippen LogP contribution in [0.1, 0.15) is 29.5 Å². The first-order chi connectivity index (χ1) is 21.4. The van der Waals surface area contributed by atoms with Crippen molar-refractivity contribution in [1.29, 1.82) is 0 Å². The summed E-state index contributed by atoms with van der Waals surface area (Å²) < 4.78 is 0. The highest BCUT2D eigenvalue weighted by atomic mass is 16.4. The van der Waals surface area contributed by atoms with Crippen LogP contribution >= 0.6 is 0 Å². The molecule has 10 N–H and O–H groups in total. The SMILES string of the molecule is NC(=O)CCC(NC(=O)C(N)Cc1ccc(O)cc1)C(=O)NC(Cc1ccc(O)cc1)C(=O)NC(Cc1ccccc1)C(=O)O. The Morgan fingerprint density at radius 2 is 1.04 bits per heavy atom. The Morgan fingerprint density at radius 1 is 0.600 bits per heavy atom. The molecule has 0 radical (unpaired) electrons. The van der Waals surface area contributed by atoms with Crippen LogP contribution in [0.5, 0.6) is 11.5 Å². The number of phenolic OH excluding ortho intramolecular Hbond substituents is 2. The number of rotatable bonds is 16. The van der Waals surface area contributed by atoms with E-state index in [1.165, 1.54) is 36.4 Å². The maximum atomic E-state index is 13.5. The highest BCUT2D eigenvalue weighted by Crippen LogP contribution is 2.14. The van der Waals surface area contributed by atoms with Crippen LogP contribution < -0.4 is 27.4 Å². The monoisotopic (exact) mass is 619 g/mol. The van der Waals surface area contributed by atoms with Gasteiger partial charge in [-0.05, 0) is 53.8 Å². The molecule has 0 saturated heterocycles. The number of carbonyl (C=O) groups excluding carboxylic acids is 4. The minimum atomic E-state index is -1.32. The number of phenols is 2. The molecule has 238 valence electrons. The van der Waals surface area contributed by atoms with Crippen LogP contribution in [-0.4, -0.2) is 69.1 Å². The average molecular weight is 620 g/mol. The number of benzene rings is 3. The highest BCUT2D eigenvalue weighted by molar-refractivity contribution is 5.94. The van der Waals surface area contributed by atoms with Crippen molar-refractivity contribution < 1.29 is 39.3 Å². The molecule has 3 rings (SSSR count). The molecule has 4 amide bonds. The van der Waals surface area contributed by atoms with E-state index in [1.54, 1.807) is 42.5 Å². The Morgan fingerprint density at radius 3 is 1.58 bits per heavy atom. The first-order valence-corrected chi connectivity index (χ1v) is 14.2. The van der Waals surface area contributed by atoms with Gasteiger partial charge in [-0.25, -0.2) is 4.79 Å². The fourth-order valence-corrected chi connectivity index (χ4v) is 4.48. The summed E-state index contributed by atoms with van der Waals surface area (Å²) in [5.41, 5.74) is 13.2. The van der Waals surface area contributed by atoms with Gasteiger partial charge in [-0.1, -0.05) is 54.6 Å². The number of hydrogen-bond donors (Lipinski definition) is 8. The van der Waals surface area contributed by atoms with E-state index in [0.29, 0.717) is 16.7 Å². The predicted molar refractivity (Wildman–Crippen MR) is 164 cm³/mol. The topological polar surface area (TPSA) is 234 Å². The molecule has 0 saturated carbocycles. The number of aliphatic carboxylic acids is 1. The highest BCUT2D eigenvalue weighted by Gasteiger charge is 2.31. The third kappa shape index (κ3) is 11.3. The van der Waals surface area contributed by atoms with Crippen LogP contribution in [0.25, 0.3) is 0 Å². The molecule has 13 nitrogen and oxygen atoms in total. The minimum Gasteiger partial charge on any atom is -0.508 e. The predicted octanol–water partition coefficient (Wildman–Crippen LogP) is 0.258. The van der Waals surface area contributed by atoms with E-state index in [9.17, 15) is 39.3 Å². The van der Waals surface area contributed by atoms with E-state index in [-0.39, 0.29) is 43.6 Å². The van der Waals surface area contributed by atoms with Crippen LogP contribution in [0.4, 0.5) is 0 Å².